The van der Waals surface area contributed by atoms with E-state index in [9.17, 15) is 4.79 Å². The van der Waals surface area contributed by atoms with Gasteiger partial charge in [-0.3, -0.25) is 4.79 Å². The molecule has 5 heteroatoms. The van der Waals surface area contributed by atoms with E-state index in [4.69, 9.17) is 9.84 Å². The Bertz CT molecular complexity index is 459. The summed E-state index contributed by atoms with van der Waals surface area (Å²) < 4.78 is 5.47. The van der Waals surface area contributed by atoms with Crippen LogP contribution in [0.1, 0.15) is 24.8 Å². The second-order valence-electron chi connectivity index (χ2n) is 5.73. The lowest BCUT2D eigenvalue weighted by Gasteiger charge is -2.26. The van der Waals surface area contributed by atoms with E-state index in [2.05, 4.69) is 10.2 Å². The summed E-state index contributed by atoms with van der Waals surface area (Å²) >= 11 is 0. The van der Waals surface area contributed by atoms with Crippen LogP contribution in [0, 0.1) is 0 Å². The van der Waals surface area contributed by atoms with Gasteiger partial charge in [0.05, 0.1) is 6.61 Å². The molecule has 2 N–H and O–H groups in total. The van der Waals surface area contributed by atoms with E-state index in [0.29, 0.717) is 11.8 Å². The molecule has 0 aliphatic heterocycles. The largest absolute Gasteiger partial charge is 0.484 e. The summed E-state index contributed by atoms with van der Waals surface area (Å²) in [5, 5.41) is 12.0. The number of carbonyl (C=O) groups is 1. The van der Waals surface area contributed by atoms with Crippen molar-refractivity contribution in [1.29, 1.82) is 0 Å². The van der Waals surface area contributed by atoms with Crippen LogP contribution < -0.4 is 10.1 Å². The van der Waals surface area contributed by atoms with Gasteiger partial charge in [-0.25, -0.2) is 0 Å². The summed E-state index contributed by atoms with van der Waals surface area (Å²) in [6.45, 7) is 0.0312. The molecule has 1 aliphatic rings. The second-order valence-corrected chi connectivity index (χ2v) is 5.73. The summed E-state index contributed by atoms with van der Waals surface area (Å²) in [5.41, 5.74) is 0.826. The van der Waals surface area contributed by atoms with Crippen molar-refractivity contribution in [2.24, 2.45) is 0 Å². The molecule has 1 aromatic carbocycles. The molecular weight excluding hydrogens is 268 g/mol. The summed E-state index contributed by atoms with van der Waals surface area (Å²) in [6.07, 6.45) is 3.30. The Balaban J connectivity index is 1.79. The number of amides is 1. The van der Waals surface area contributed by atoms with E-state index in [1.165, 1.54) is 0 Å². The fourth-order valence-corrected chi connectivity index (χ4v) is 2.82. The predicted octanol–water partition coefficient (Wildman–Crippen LogP) is 1.16. The Morgan fingerprint density at radius 3 is 2.67 bits per heavy atom. The third-order valence-electron chi connectivity index (χ3n) is 3.97. The maximum atomic E-state index is 12.0. The lowest BCUT2D eigenvalue weighted by Crippen LogP contribution is -2.47. The highest BCUT2D eigenvalue weighted by molar-refractivity contribution is 5.78. The van der Waals surface area contributed by atoms with E-state index in [1.54, 1.807) is 24.3 Å². The molecule has 1 aliphatic carbocycles. The van der Waals surface area contributed by atoms with Crippen molar-refractivity contribution in [2.45, 2.75) is 38.0 Å². The number of aliphatic hydroxyl groups is 1. The van der Waals surface area contributed by atoms with Crippen molar-refractivity contribution >= 4 is 5.91 Å². The molecule has 0 unspecified atom stereocenters. The van der Waals surface area contributed by atoms with Crippen molar-refractivity contribution in [3.63, 3.8) is 0 Å². The number of carbonyl (C=O) groups excluding carboxylic acids is 1. The smallest absolute Gasteiger partial charge is 0.258 e. The Morgan fingerprint density at radius 1 is 1.33 bits per heavy atom. The van der Waals surface area contributed by atoms with Gasteiger partial charge in [0.15, 0.2) is 6.61 Å². The number of aliphatic hydroxyl groups excluding tert-OH is 1. The number of nitrogens with one attached hydrogen (secondary N) is 1. The predicted molar refractivity (Wildman–Crippen MR) is 81.1 cm³/mol. The fraction of sp³-hybridized carbons (Fsp3) is 0.562. The van der Waals surface area contributed by atoms with Gasteiger partial charge in [-0.1, -0.05) is 12.1 Å². The number of likely N-dealkylation sites (N-methyl/N-ethyl adjacent to an activating group) is 1. The summed E-state index contributed by atoms with van der Waals surface area (Å²) in [7, 11) is 4.10. The number of benzene rings is 1. The average molecular weight is 292 g/mol. The maximum Gasteiger partial charge on any atom is 0.258 e. The molecule has 1 aromatic rings. The van der Waals surface area contributed by atoms with Gasteiger partial charge >= 0.3 is 0 Å². The molecule has 0 aromatic heterocycles. The zero-order valence-corrected chi connectivity index (χ0v) is 12.7. The summed E-state index contributed by atoms with van der Waals surface area (Å²) in [5.74, 6) is 0.554. The third kappa shape index (κ3) is 4.44. The topological polar surface area (TPSA) is 61.8 Å². The van der Waals surface area contributed by atoms with Crippen molar-refractivity contribution in [2.75, 3.05) is 20.7 Å². The Morgan fingerprint density at radius 2 is 2.05 bits per heavy atom. The number of nitrogens with zero attached hydrogens (tertiary/aromatic N) is 1. The maximum absolute atomic E-state index is 12.0. The normalized spacial score (nSPS) is 21.5. The fourth-order valence-electron chi connectivity index (χ4n) is 2.82. The van der Waals surface area contributed by atoms with Crippen LogP contribution in [0.2, 0.25) is 0 Å². The quantitative estimate of drug-likeness (QED) is 0.826. The second kappa shape index (κ2) is 7.43. The lowest BCUT2D eigenvalue weighted by atomic mass is 10.1. The molecule has 0 bridgehead atoms. The average Bonchev–Trinajstić information content (AvgIpc) is 2.94. The van der Waals surface area contributed by atoms with Crippen LogP contribution in [0.5, 0.6) is 5.75 Å². The molecule has 0 heterocycles. The molecule has 2 atom stereocenters. The van der Waals surface area contributed by atoms with E-state index in [1.807, 2.05) is 14.1 Å². The molecule has 21 heavy (non-hydrogen) atoms. The monoisotopic (exact) mass is 292 g/mol. The molecule has 0 saturated heterocycles. The minimum absolute atomic E-state index is 0.00830. The molecule has 5 nitrogen and oxygen atoms in total. The van der Waals surface area contributed by atoms with Crippen LogP contribution in [0.4, 0.5) is 0 Å². The van der Waals surface area contributed by atoms with E-state index < -0.39 is 0 Å². The van der Waals surface area contributed by atoms with Crippen LogP contribution in [-0.4, -0.2) is 48.7 Å². The number of rotatable bonds is 6. The van der Waals surface area contributed by atoms with Gasteiger partial charge < -0.3 is 20.1 Å². The number of hydrogen-bond acceptors (Lipinski definition) is 4. The first kappa shape index (κ1) is 15.8. The van der Waals surface area contributed by atoms with Crippen LogP contribution in [0.3, 0.4) is 0 Å². The molecule has 116 valence electrons. The third-order valence-corrected chi connectivity index (χ3v) is 3.97. The van der Waals surface area contributed by atoms with E-state index in [0.717, 1.165) is 24.8 Å². The van der Waals surface area contributed by atoms with Crippen molar-refractivity contribution in [1.82, 2.24) is 10.2 Å². The minimum atomic E-state index is -0.0833. The first-order valence-electron chi connectivity index (χ1n) is 7.38. The first-order chi connectivity index (χ1) is 10.1. The zero-order chi connectivity index (χ0) is 15.2. The molecular formula is C16H24N2O3. The van der Waals surface area contributed by atoms with Gasteiger partial charge in [0.25, 0.3) is 5.91 Å². The van der Waals surface area contributed by atoms with Crippen molar-refractivity contribution in [3.05, 3.63) is 29.8 Å². The molecule has 1 fully saturated rings. The highest BCUT2D eigenvalue weighted by atomic mass is 16.5. The van der Waals surface area contributed by atoms with Gasteiger partial charge in [0.2, 0.25) is 0 Å². The van der Waals surface area contributed by atoms with Crippen molar-refractivity contribution < 1.29 is 14.6 Å². The van der Waals surface area contributed by atoms with Crippen LogP contribution in [0.25, 0.3) is 0 Å². The highest BCUT2D eigenvalue weighted by Crippen LogP contribution is 2.22. The van der Waals surface area contributed by atoms with Crippen molar-refractivity contribution in [3.8, 4) is 5.75 Å². The molecule has 0 spiro atoms. The summed E-state index contributed by atoms with van der Waals surface area (Å²) in [6, 6.07) is 7.72. The molecule has 1 amide bonds. The van der Waals surface area contributed by atoms with E-state index >= 15 is 0 Å². The summed E-state index contributed by atoms with van der Waals surface area (Å²) in [4.78, 5) is 14.1. The van der Waals surface area contributed by atoms with Crippen LogP contribution >= 0.6 is 0 Å². The minimum Gasteiger partial charge on any atom is -0.484 e. The lowest BCUT2D eigenvalue weighted by molar-refractivity contribution is -0.124. The Kier molecular flexibility index (Phi) is 5.59. The molecule has 0 radical (unpaired) electrons. The molecule has 2 rings (SSSR count). The zero-order valence-electron chi connectivity index (χ0n) is 12.7. The SMILES string of the molecule is CN(C)[C@@H]1CCC[C@H]1NC(=O)COc1ccc(CO)cc1. The Labute approximate surface area is 125 Å². The van der Waals surface area contributed by atoms with Gasteiger partial charge in [-0.15, -0.1) is 0 Å². The van der Waals surface area contributed by atoms with Gasteiger partial charge in [-0.2, -0.15) is 0 Å². The first-order valence-corrected chi connectivity index (χ1v) is 7.38. The van der Waals surface area contributed by atoms with E-state index in [-0.39, 0.29) is 25.2 Å². The molecule has 1 saturated carbocycles. The highest BCUT2D eigenvalue weighted by Gasteiger charge is 2.29. The Hall–Kier alpha value is -1.59. The number of hydrogen-bond donors (Lipinski definition) is 2. The van der Waals surface area contributed by atoms with Crippen LogP contribution in [0.15, 0.2) is 24.3 Å². The van der Waals surface area contributed by atoms with Crippen LogP contribution in [-0.2, 0) is 11.4 Å². The van der Waals surface area contributed by atoms with Gasteiger partial charge in [0, 0.05) is 12.1 Å². The van der Waals surface area contributed by atoms with Gasteiger partial charge in [-0.05, 0) is 51.1 Å². The van der Waals surface area contributed by atoms with Gasteiger partial charge in [0.1, 0.15) is 5.75 Å². The number of ether oxygens (including phenoxy) is 1. The standard InChI is InChI=1S/C16H24N2O3/c1-18(2)15-5-3-4-14(15)17-16(20)11-21-13-8-6-12(10-19)7-9-13/h6-9,14-15,19H,3-5,10-11H2,1-2H3,(H,17,20)/t14-,15-/m1/s1.